The summed E-state index contributed by atoms with van der Waals surface area (Å²) in [5, 5.41) is 7.19. The van der Waals surface area contributed by atoms with Gasteiger partial charge in [0.05, 0.1) is 29.0 Å². The van der Waals surface area contributed by atoms with Crippen LogP contribution in [0.3, 0.4) is 0 Å². The molecule has 3 rings (SSSR count). The zero-order valence-electron chi connectivity index (χ0n) is 12.2. The number of sulfone groups is 1. The molecule has 1 aromatic heterocycles. The topological polar surface area (TPSA) is 81.1 Å². The molecular weight excluding hydrogens is 290 g/mol. The highest BCUT2D eigenvalue weighted by atomic mass is 32.2. The number of aromatic nitrogens is 2. The first-order valence-corrected chi connectivity index (χ1v) is 9.39. The predicted molar refractivity (Wildman–Crippen MR) is 79.0 cm³/mol. The van der Waals surface area contributed by atoms with E-state index in [0.717, 1.165) is 31.5 Å². The van der Waals surface area contributed by atoms with Crippen molar-refractivity contribution in [2.24, 2.45) is 0 Å². The smallest absolute Gasteiger partial charge is 0.255 e. The molecule has 2 heterocycles. The van der Waals surface area contributed by atoms with Gasteiger partial charge < -0.3 is 5.32 Å². The molecule has 1 aromatic rings. The quantitative estimate of drug-likeness (QED) is 0.882. The summed E-state index contributed by atoms with van der Waals surface area (Å²) in [4.78, 5) is 12.4. The SMILES string of the molecule is CCCn1ncc(C(=O)N[C@H]2CCS(=O)(=O)C2)c1C1CC1. The van der Waals surface area contributed by atoms with Gasteiger partial charge in [-0.25, -0.2) is 8.42 Å². The Morgan fingerprint density at radius 1 is 1.43 bits per heavy atom. The number of hydrogen-bond acceptors (Lipinski definition) is 4. The first kappa shape index (κ1) is 14.6. The number of hydrogen-bond donors (Lipinski definition) is 1. The highest BCUT2D eigenvalue weighted by Crippen LogP contribution is 2.41. The van der Waals surface area contributed by atoms with Crippen molar-refractivity contribution < 1.29 is 13.2 Å². The predicted octanol–water partition coefficient (Wildman–Crippen LogP) is 1.09. The van der Waals surface area contributed by atoms with Crippen molar-refractivity contribution in [3.05, 3.63) is 17.5 Å². The molecule has 0 radical (unpaired) electrons. The van der Waals surface area contributed by atoms with Crippen LogP contribution in [0.25, 0.3) is 0 Å². The maximum absolute atomic E-state index is 12.4. The van der Waals surface area contributed by atoms with E-state index in [0.29, 0.717) is 17.9 Å². The van der Waals surface area contributed by atoms with Crippen LogP contribution in [0.2, 0.25) is 0 Å². The van der Waals surface area contributed by atoms with Gasteiger partial charge in [0.25, 0.3) is 5.91 Å². The summed E-state index contributed by atoms with van der Waals surface area (Å²) in [5.74, 6) is 0.483. The monoisotopic (exact) mass is 311 g/mol. The molecule has 0 unspecified atom stereocenters. The number of nitrogens with one attached hydrogen (secondary N) is 1. The van der Waals surface area contributed by atoms with Gasteiger partial charge >= 0.3 is 0 Å². The van der Waals surface area contributed by atoms with Crippen molar-refractivity contribution in [2.45, 2.75) is 51.1 Å². The van der Waals surface area contributed by atoms with Crippen molar-refractivity contribution in [3.63, 3.8) is 0 Å². The number of rotatable bonds is 5. The van der Waals surface area contributed by atoms with Crippen molar-refractivity contribution >= 4 is 15.7 Å². The van der Waals surface area contributed by atoms with Gasteiger partial charge in [0.1, 0.15) is 0 Å². The average molecular weight is 311 g/mol. The first-order valence-electron chi connectivity index (χ1n) is 7.57. The molecule has 1 saturated heterocycles. The molecule has 1 amide bonds. The fourth-order valence-electron chi connectivity index (χ4n) is 2.92. The molecule has 116 valence electrons. The zero-order valence-corrected chi connectivity index (χ0v) is 13.0. The van der Waals surface area contributed by atoms with Crippen molar-refractivity contribution in [1.29, 1.82) is 0 Å². The number of aryl methyl sites for hydroxylation is 1. The molecule has 7 heteroatoms. The lowest BCUT2D eigenvalue weighted by Crippen LogP contribution is -2.36. The second kappa shape index (κ2) is 5.44. The van der Waals surface area contributed by atoms with Crippen molar-refractivity contribution in [3.8, 4) is 0 Å². The van der Waals surface area contributed by atoms with E-state index in [1.165, 1.54) is 0 Å². The van der Waals surface area contributed by atoms with Crippen LogP contribution in [0.15, 0.2) is 6.20 Å². The molecule has 6 nitrogen and oxygen atoms in total. The van der Waals surface area contributed by atoms with Crippen LogP contribution in [0.5, 0.6) is 0 Å². The summed E-state index contributed by atoms with van der Waals surface area (Å²) in [7, 11) is -2.98. The summed E-state index contributed by atoms with van der Waals surface area (Å²) in [6.45, 7) is 2.90. The minimum absolute atomic E-state index is 0.0561. The van der Waals surface area contributed by atoms with E-state index < -0.39 is 9.84 Å². The van der Waals surface area contributed by atoms with Gasteiger partial charge in [0, 0.05) is 18.5 Å². The van der Waals surface area contributed by atoms with Crippen LogP contribution in [0, 0.1) is 0 Å². The summed E-state index contributed by atoms with van der Waals surface area (Å²) in [6.07, 6.45) is 5.32. The van der Waals surface area contributed by atoms with E-state index >= 15 is 0 Å². The standard InChI is InChI=1S/C14H21N3O3S/c1-2-6-17-13(10-3-4-10)12(8-15-17)14(18)16-11-5-7-21(19,20)9-11/h8,10-11H,2-7,9H2,1H3,(H,16,18)/t11-/m0/s1. The maximum atomic E-state index is 12.4. The molecular formula is C14H21N3O3S. The summed E-state index contributed by atoms with van der Waals surface area (Å²) < 4.78 is 24.9. The van der Waals surface area contributed by atoms with Gasteiger partial charge in [-0.2, -0.15) is 5.10 Å². The van der Waals surface area contributed by atoms with Crippen LogP contribution in [-0.2, 0) is 16.4 Å². The third-order valence-electron chi connectivity index (χ3n) is 4.09. The molecule has 1 aliphatic heterocycles. The Bertz CT molecular complexity index is 646. The normalized spacial score (nSPS) is 24.1. The zero-order chi connectivity index (χ0) is 15.0. The number of amides is 1. The van der Waals surface area contributed by atoms with E-state index in [2.05, 4.69) is 17.3 Å². The van der Waals surface area contributed by atoms with Crippen molar-refractivity contribution in [1.82, 2.24) is 15.1 Å². The maximum Gasteiger partial charge on any atom is 0.255 e. The van der Waals surface area contributed by atoms with E-state index in [-0.39, 0.29) is 23.5 Å². The fraction of sp³-hybridized carbons (Fsp3) is 0.714. The Morgan fingerprint density at radius 3 is 2.76 bits per heavy atom. The molecule has 0 bridgehead atoms. The van der Waals surface area contributed by atoms with Gasteiger partial charge in [-0.1, -0.05) is 6.92 Å². The molecule has 0 spiro atoms. The summed E-state index contributed by atoms with van der Waals surface area (Å²) in [5.41, 5.74) is 1.64. The molecule has 1 aliphatic carbocycles. The van der Waals surface area contributed by atoms with Gasteiger partial charge in [-0.05, 0) is 25.7 Å². The molecule has 0 aromatic carbocycles. The number of carbonyl (C=O) groups excluding carboxylic acids is 1. The minimum atomic E-state index is -2.98. The van der Waals surface area contributed by atoms with Gasteiger partial charge in [-0.3, -0.25) is 9.48 Å². The Hall–Kier alpha value is -1.37. The van der Waals surface area contributed by atoms with Gasteiger partial charge in [0.2, 0.25) is 0 Å². The highest BCUT2D eigenvalue weighted by molar-refractivity contribution is 7.91. The second-order valence-electron chi connectivity index (χ2n) is 6.01. The van der Waals surface area contributed by atoms with E-state index in [1.807, 2.05) is 4.68 Å². The molecule has 21 heavy (non-hydrogen) atoms. The largest absolute Gasteiger partial charge is 0.348 e. The van der Waals surface area contributed by atoms with Crippen LogP contribution >= 0.6 is 0 Å². The van der Waals surface area contributed by atoms with Gasteiger partial charge in [-0.15, -0.1) is 0 Å². The Labute approximate surface area is 124 Å². The lowest BCUT2D eigenvalue weighted by Gasteiger charge is -2.12. The third kappa shape index (κ3) is 3.12. The first-order chi connectivity index (χ1) is 10.00. The summed E-state index contributed by atoms with van der Waals surface area (Å²) in [6, 6.07) is -0.260. The van der Waals surface area contributed by atoms with E-state index in [4.69, 9.17) is 0 Å². The van der Waals surface area contributed by atoms with Crippen LogP contribution in [-0.4, -0.2) is 41.7 Å². The minimum Gasteiger partial charge on any atom is -0.348 e. The lowest BCUT2D eigenvalue weighted by molar-refractivity contribution is 0.0940. The van der Waals surface area contributed by atoms with Gasteiger partial charge in [0.15, 0.2) is 9.84 Å². The van der Waals surface area contributed by atoms with E-state index in [9.17, 15) is 13.2 Å². The molecule has 1 saturated carbocycles. The Balaban J connectivity index is 1.75. The Morgan fingerprint density at radius 2 is 2.19 bits per heavy atom. The fourth-order valence-corrected chi connectivity index (χ4v) is 4.59. The average Bonchev–Trinajstić information content (AvgIpc) is 3.08. The van der Waals surface area contributed by atoms with Crippen LogP contribution < -0.4 is 5.32 Å². The summed E-state index contributed by atoms with van der Waals surface area (Å²) >= 11 is 0. The Kier molecular flexibility index (Phi) is 3.77. The molecule has 1 atom stereocenters. The molecule has 2 fully saturated rings. The molecule has 1 N–H and O–H groups in total. The van der Waals surface area contributed by atoms with Crippen LogP contribution in [0.1, 0.15) is 54.6 Å². The van der Waals surface area contributed by atoms with E-state index in [1.54, 1.807) is 6.20 Å². The second-order valence-corrected chi connectivity index (χ2v) is 8.24. The number of carbonyl (C=O) groups is 1. The highest BCUT2D eigenvalue weighted by Gasteiger charge is 2.34. The molecule has 2 aliphatic rings. The van der Waals surface area contributed by atoms with Crippen molar-refractivity contribution in [2.75, 3.05) is 11.5 Å². The van der Waals surface area contributed by atoms with Crippen LogP contribution in [0.4, 0.5) is 0 Å². The third-order valence-corrected chi connectivity index (χ3v) is 5.86. The lowest BCUT2D eigenvalue weighted by atomic mass is 10.1. The number of nitrogens with zero attached hydrogens (tertiary/aromatic N) is 2.